The van der Waals surface area contributed by atoms with Gasteiger partial charge in [-0.2, -0.15) is 0 Å². The maximum absolute atomic E-state index is 13.3. The molecule has 0 fully saturated rings. The lowest BCUT2D eigenvalue weighted by molar-refractivity contribution is -0.112. The maximum Gasteiger partial charge on any atom is 0.335 e. The molecule has 3 aromatic carbocycles. The molecule has 8 heteroatoms. The summed E-state index contributed by atoms with van der Waals surface area (Å²) in [5.41, 5.74) is 9.71. The van der Waals surface area contributed by atoms with Gasteiger partial charge >= 0.3 is 5.97 Å². The van der Waals surface area contributed by atoms with Crippen molar-refractivity contribution in [1.82, 2.24) is 10.9 Å². The second-order valence-electron chi connectivity index (χ2n) is 7.61. The molecule has 7 nitrogen and oxygen atoms in total. The molecule has 1 aliphatic rings. The predicted octanol–water partition coefficient (Wildman–Crippen LogP) is 4.61. The van der Waals surface area contributed by atoms with Crippen LogP contribution in [-0.4, -0.2) is 22.9 Å². The fourth-order valence-electron chi connectivity index (χ4n) is 3.57. The van der Waals surface area contributed by atoms with E-state index >= 15 is 0 Å². The number of amides is 2. The van der Waals surface area contributed by atoms with E-state index in [1.807, 2.05) is 19.9 Å². The molecule has 0 saturated carbocycles. The zero-order valence-electron chi connectivity index (χ0n) is 17.8. The minimum Gasteiger partial charge on any atom is -0.478 e. The van der Waals surface area contributed by atoms with Gasteiger partial charge in [0, 0.05) is 22.3 Å². The van der Waals surface area contributed by atoms with E-state index in [2.05, 4.69) is 10.9 Å². The van der Waals surface area contributed by atoms with Crippen molar-refractivity contribution in [3.8, 4) is 0 Å². The molecular formula is C25H20ClN3O4. The lowest BCUT2D eigenvalue weighted by Crippen LogP contribution is -2.34. The van der Waals surface area contributed by atoms with Crippen LogP contribution in [0.3, 0.4) is 0 Å². The molecule has 2 amide bonds. The number of benzene rings is 3. The van der Waals surface area contributed by atoms with Crippen molar-refractivity contribution < 1.29 is 19.5 Å². The first kappa shape index (κ1) is 22.1. The monoisotopic (exact) mass is 461 g/mol. The van der Waals surface area contributed by atoms with Crippen molar-refractivity contribution in [3.63, 3.8) is 0 Å². The molecule has 4 rings (SSSR count). The second kappa shape index (κ2) is 8.80. The number of nitrogens with one attached hydrogen (secondary N) is 2. The molecule has 0 spiro atoms. The normalized spacial score (nSPS) is 13.7. The van der Waals surface area contributed by atoms with Crippen LogP contribution in [0.4, 0.5) is 11.4 Å². The smallest absolute Gasteiger partial charge is 0.335 e. The molecule has 0 unspecified atom stereocenters. The highest BCUT2D eigenvalue weighted by molar-refractivity contribution is 6.36. The number of carboxylic acids is 1. The van der Waals surface area contributed by atoms with Gasteiger partial charge in [0.2, 0.25) is 0 Å². The molecule has 1 aliphatic heterocycles. The summed E-state index contributed by atoms with van der Waals surface area (Å²) in [6.07, 6.45) is 1.41. The van der Waals surface area contributed by atoms with Crippen molar-refractivity contribution in [2.75, 3.05) is 4.90 Å². The number of halogens is 1. The Kier molecular flexibility index (Phi) is 5.89. The molecule has 0 atom stereocenters. The van der Waals surface area contributed by atoms with Crippen LogP contribution in [0.2, 0.25) is 5.02 Å². The minimum atomic E-state index is -1.10. The summed E-state index contributed by atoms with van der Waals surface area (Å²) < 4.78 is 0. The van der Waals surface area contributed by atoms with E-state index in [-0.39, 0.29) is 17.4 Å². The average molecular weight is 462 g/mol. The van der Waals surface area contributed by atoms with E-state index in [0.29, 0.717) is 33.1 Å². The van der Waals surface area contributed by atoms with E-state index in [1.165, 1.54) is 23.2 Å². The highest BCUT2D eigenvalue weighted by atomic mass is 35.5. The fourth-order valence-corrected chi connectivity index (χ4v) is 3.73. The summed E-state index contributed by atoms with van der Waals surface area (Å²) in [5, 5.41) is 9.75. The van der Waals surface area contributed by atoms with Gasteiger partial charge in [-0.15, -0.1) is 0 Å². The number of carbonyl (C=O) groups excluding carboxylic acids is 2. The van der Waals surface area contributed by atoms with Crippen LogP contribution in [0.1, 0.15) is 37.4 Å². The van der Waals surface area contributed by atoms with Gasteiger partial charge in [0.05, 0.1) is 22.5 Å². The summed E-state index contributed by atoms with van der Waals surface area (Å²) in [4.78, 5) is 38.6. The number of nitrogens with zero attached hydrogens (tertiary/aromatic N) is 1. The summed E-state index contributed by atoms with van der Waals surface area (Å²) in [6, 6.07) is 16.5. The van der Waals surface area contributed by atoms with Gasteiger partial charge < -0.3 is 10.5 Å². The number of aromatic carboxylic acids is 1. The first-order valence-corrected chi connectivity index (χ1v) is 10.4. The van der Waals surface area contributed by atoms with E-state index < -0.39 is 5.97 Å². The number of hydrogen-bond acceptors (Lipinski definition) is 4. The highest BCUT2D eigenvalue weighted by Crippen LogP contribution is 2.42. The molecular weight excluding hydrogens is 442 g/mol. The Hall–Kier alpha value is -4.10. The maximum atomic E-state index is 13.3. The molecule has 0 saturated heterocycles. The molecule has 166 valence electrons. The number of hydrazine groups is 1. The molecule has 1 heterocycles. The Morgan fingerprint density at radius 3 is 2.48 bits per heavy atom. The summed E-state index contributed by atoms with van der Waals surface area (Å²) >= 11 is 6.17. The Bertz CT molecular complexity index is 1330. The number of aryl methyl sites for hydroxylation is 2. The first-order chi connectivity index (χ1) is 15.8. The van der Waals surface area contributed by atoms with Gasteiger partial charge in [-0.05, 0) is 67.4 Å². The number of anilines is 2. The Labute approximate surface area is 195 Å². The third kappa shape index (κ3) is 4.31. The molecule has 0 aliphatic carbocycles. The van der Waals surface area contributed by atoms with E-state index in [4.69, 9.17) is 11.6 Å². The number of fused-ring (bicyclic) bond motifs is 1. The molecule has 3 aromatic rings. The van der Waals surface area contributed by atoms with Crippen LogP contribution < -0.4 is 15.8 Å². The number of hydrogen-bond donors (Lipinski definition) is 3. The molecule has 3 N–H and O–H groups in total. The lowest BCUT2D eigenvalue weighted by atomic mass is 10.1. The predicted molar refractivity (Wildman–Crippen MR) is 126 cm³/mol. The topological polar surface area (TPSA) is 98.7 Å². The van der Waals surface area contributed by atoms with Crippen LogP contribution in [0.15, 0.2) is 66.9 Å². The van der Waals surface area contributed by atoms with Crippen molar-refractivity contribution in [2.24, 2.45) is 0 Å². The lowest BCUT2D eigenvalue weighted by Gasteiger charge is -2.18. The molecule has 0 radical (unpaired) electrons. The summed E-state index contributed by atoms with van der Waals surface area (Å²) in [5.74, 6) is -1.83. The zero-order valence-corrected chi connectivity index (χ0v) is 18.6. The van der Waals surface area contributed by atoms with E-state index in [0.717, 1.165) is 11.1 Å². The number of carbonyl (C=O) groups is 3. The van der Waals surface area contributed by atoms with Crippen LogP contribution in [0.25, 0.3) is 5.57 Å². The quantitative estimate of drug-likeness (QED) is 0.380. The molecule has 33 heavy (non-hydrogen) atoms. The minimum absolute atomic E-state index is 0.0556. The van der Waals surface area contributed by atoms with Crippen molar-refractivity contribution in [1.29, 1.82) is 0 Å². The Morgan fingerprint density at radius 2 is 1.76 bits per heavy atom. The van der Waals surface area contributed by atoms with Gasteiger partial charge in [0.1, 0.15) is 0 Å². The third-order valence-electron chi connectivity index (χ3n) is 5.45. The Morgan fingerprint density at radius 1 is 0.970 bits per heavy atom. The van der Waals surface area contributed by atoms with Crippen LogP contribution in [0, 0.1) is 13.8 Å². The molecule has 0 bridgehead atoms. The summed E-state index contributed by atoms with van der Waals surface area (Å²) in [7, 11) is 0. The molecule has 0 aromatic heterocycles. The largest absolute Gasteiger partial charge is 0.478 e. The zero-order chi connectivity index (χ0) is 23.7. The number of rotatable bonds is 5. The standard InChI is InChI=1S/C25H20ClN3O4/c1-14-6-7-16(10-15(14)2)23(30)28-27-13-21-20-9-8-18(26)12-22(20)29(24(21)31)19-5-3-4-17(11-19)25(32)33/h3-13,27H,1-2H3,(H,28,30)(H,32,33). The Balaban J connectivity index is 1.63. The second-order valence-corrected chi connectivity index (χ2v) is 8.05. The summed E-state index contributed by atoms with van der Waals surface area (Å²) in [6.45, 7) is 3.89. The van der Waals surface area contributed by atoms with Gasteiger partial charge in [-0.1, -0.05) is 29.8 Å². The SMILES string of the molecule is Cc1ccc(C(=O)NNC=C2C(=O)N(c3cccc(C(=O)O)c3)c3cc(Cl)ccc32)cc1C. The average Bonchev–Trinajstić information content (AvgIpc) is 3.06. The van der Waals surface area contributed by atoms with Crippen molar-refractivity contribution >= 4 is 46.3 Å². The first-order valence-electron chi connectivity index (χ1n) is 10.1. The fraction of sp³-hybridized carbons (Fsp3) is 0.0800. The van der Waals surface area contributed by atoms with Gasteiger partial charge in [0.25, 0.3) is 11.8 Å². The van der Waals surface area contributed by atoms with Gasteiger partial charge in [-0.3, -0.25) is 19.9 Å². The van der Waals surface area contributed by atoms with Crippen LogP contribution >= 0.6 is 11.6 Å². The van der Waals surface area contributed by atoms with E-state index in [1.54, 1.807) is 42.5 Å². The van der Waals surface area contributed by atoms with E-state index in [9.17, 15) is 19.5 Å². The van der Waals surface area contributed by atoms with Gasteiger partial charge in [0.15, 0.2) is 0 Å². The van der Waals surface area contributed by atoms with Crippen molar-refractivity contribution in [2.45, 2.75) is 13.8 Å². The highest BCUT2D eigenvalue weighted by Gasteiger charge is 2.34. The van der Waals surface area contributed by atoms with Crippen LogP contribution in [-0.2, 0) is 4.79 Å². The third-order valence-corrected chi connectivity index (χ3v) is 5.68. The van der Waals surface area contributed by atoms with Crippen LogP contribution in [0.5, 0.6) is 0 Å². The number of carboxylic acid groups (broad SMARTS) is 1. The van der Waals surface area contributed by atoms with Crippen molar-refractivity contribution in [3.05, 3.63) is 99.7 Å². The van der Waals surface area contributed by atoms with Gasteiger partial charge in [-0.25, -0.2) is 4.79 Å².